The van der Waals surface area contributed by atoms with Gasteiger partial charge in [0, 0.05) is 18.9 Å². The number of anilines is 1. The van der Waals surface area contributed by atoms with Crippen LogP contribution in [0.25, 0.3) is 0 Å². The fourth-order valence-corrected chi connectivity index (χ4v) is 4.44. The second-order valence-corrected chi connectivity index (χ2v) is 9.54. The molecule has 33 heavy (non-hydrogen) atoms. The molecule has 1 aliphatic rings. The third kappa shape index (κ3) is 5.32. The molecule has 2 aromatic rings. The van der Waals surface area contributed by atoms with E-state index in [9.17, 15) is 27.8 Å². The largest absolute Gasteiger partial charge is 0.488 e. The van der Waals surface area contributed by atoms with Crippen molar-refractivity contribution >= 4 is 21.6 Å². The minimum Gasteiger partial charge on any atom is -0.488 e. The molecule has 0 saturated heterocycles. The van der Waals surface area contributed by atoms with Crippen LogP contribution >= 0.6 is 0 Å². The van der Waals surface area contributed by atoms with Crippen LogP contribution in [0.5, 0.6) is 5.75 Å². The molecule has 2 heterocycles. The van der Waals surface area contributed by atoms with Crippen molar-refractivity contribution in [3.63, 3.8) is 0 Å². The predicted molar refractivity (Wildman–Crippen MR) is 114 cm³/mol. The summed E-state index contributed by atoms with van der Waals surface area (Å²) >= 11 is 0. The number of rotatable bonds is 3. The first kappa shape index (κ1) is 24.2. The molecule has 3 rings (SSSR count). The first-order chi connectivity index (χ1) is 15.3. The van der Waals surface area contributed by atoms with Gasteiger partial charge in [-0.3, -0.25) is 4.79 Å². The molecule has 0 radical (unpaired) electrons. The van der Waals surface area contributed by atoms with Crippen LogP contribution in [0.1, 0.15) is 29.9 Å². The lowest BCUT2D eigenvalue weighted by atomic mass is 10.1. The maximum Gasteiger partial charge on any atom is 0.276 e. The van der Waals surface area contributed by atoms with E-state index in [4.69, 9.17) is 10.00 Å². The van der Waals surface area contributed by atoms with Crippen molar-refractivity contribution in [3.05, 3.63) is 41.5 Å². The van der Waals surface area contributed by atoms with E-state index in [0.717, 1.165) is 12.1 Å². The van der Waals surface area contributed by atoms with Gasteiger partial charge in [-0.2, -0.15) is 5.26 Å². The number of nitrogens with one attached hydrogen (secondary N) is 2. The van der Waals surface area contributed by atoms with Crippen molar-refractivity contribution in [1.29, 1.82) is 5.26 Å². The summed E-state index contributed by atoms with van der Waals surface area (Å²) in [4.78, 5) is 12.6. The second kappa shape index (κ2) is 8.84. The molecular weight excluding hydrogens is 455 g/mol. The van der Waals surface area contributed by atoms with Gasteiger partial charge in [-0.1, -0.05) is 11.8 Å². The zero-order chi connectivity index (χ0) is 24.6. The number of benzene rings is 1. The number of aryl methyl sites for hydroxylation is 1. The van der Waals surface area contributed by atoms with Crippen molar-refractivity contribution in [2.24, 2.45) is 7.05 Å². The molecule has 0 aliphatic carbocycles. The number of ether oxygens (including phenoxy) is 1. The van der Waals surface area contributed by atoms with Crippen LogP contribution in [-0.2, 0) is 17.1 Å². The normalized spacial score (nSPS) is 17.9. The summed E-state index contributed by atoms with van der Waals surface area (Å²) in [5, 5.41) is 31.4. The fraction of sp³-hybridized carbons (Fsp3) is 0.333. The van der Waals surface area contributed by atoms with Gasteiger partial charge in [-0.15, -0.1) is 0 Å². The SMILES string of the molecule is Cn1cc2c(c1C(=O)Nc1ccc(F)c(C#N)c1)OC[C@H](C(O)C#CC(C)(C)O)NS2(=O)=O. The number of aliphatic hydroxyl groups excluding tert-OH is 1. The summed E-state index contributed by atoms with van der Waals surface area (Å²) in [7, 11) is -2.77. The van der Waals surface area contributed by atoms with Gasteiger partial charge in [0.25, 0.3) is 5.91 Å². The Bertz CT molecular complexity index is 1310. The van der Waals surface area contributed by atoms with E-state index < -0.39 is 39.5 Å². The molecule has 0 bridgehead atoms. The minimum absolute atomic E-state index is 0.123. The first-order valence-corrected chi connectivity index (χ1v) is 11.1. The lowest BCUT2D eigenvalue weighted by Gasteiger charge is -2.18. The maximum absolute atomic E-state index is 13.5. The van der Waals surface area contributed by atoms with Gasteiger partial charge in [-0.05, 0) is 32.0 Å². The first-order valence-electron chi connectivity index (χ1n) is 9.61. The number of aliphatic hydroxyl groups is 2. The molecular formula is C21H21FN4O6S. The van der Waals surface area contributed by atoms with E-state index in [0.29, 0.717) is 0 Å². The van der Waals surface area contributed by atoms with Gasteiger partial charge in [0.1, 0.15) is 35.1 Å². The van der Waals surface area contributed by atoms with Gasteiger partial charge < -0.3 is 24.8 Å². The summed E-state index contributed by atoms with van der Waals surface area (Å²) in [5.41, 5.74) is -1.69. The van der Waals surface area contributed by atoms with E-state index in [1.165, 1.54) is 37.7 Å². The quantitative estimate of drug-likeness (QED) is 0.470. The van der Waals surface area contributed by atoms with Crippen LogP contribution in [-0.4, -0.2) is 53.5 Å². The molecule has 0 fully saturated rings. The van der Waals surface area contributed by atoms with Crippen molar-refractivity contribution in [2.45, 2.75) is 36.5 Å². The Kier molecular flexibility index (Phi) is 6.49. The van der Waals surface area contributed by atoms with E-state index in [-0.39, 0.29) is 34.2 Å². The number of hydrogen-bond acceptors (Lipinski definition) is 7. The molecule has 1 aromatic heterocycles. The van der Waals surface area contributed by atoms with Crippen LogP contribution in [0.2, 0.25) is 0 Å². The molecule has 2 atom stereocenters. The lowest BCUT2D eigenvalue weighted by Crippen LogP contribution is -2.45. The van der Waals surface area contributed by atoms with Crippen molar-refractivity contribution in [2.75, 3.05) is 11.9 Å². The van der Waals surface area contributed by atoms with Gasteiger partial charge in [0.15, 0.2) is 11.4 Å². The Balaban J connectivity index is 1.92. The molecule has 0 saturated carbocycles. The fourth-order valence-electron chi connectivity index (χ4n) is 3.03. The Labute approximate surface area is 189 Å². The summed E-state index contributed by atoms with van der Waals surface area (Å²) < 4.78 is 48.4. The van der Waals surface area contributed by atoms with E-state index in [1.54, 1.807) is 6.07 Å². The van der Waals surface area contributed by atoms with E-state index in [2.05, 4.69) is 21.9 Å². The highest BCUT2D eigenvalue weighted by atomic mass is 32.2. The van der Waals surface area contributed by atoms with Gasteiger partial charge in [0.2, 0.25) is 10.0 Å². The van der Waals surface area contributed by atoms with Gasteiger partial charge in [0.05, 0.1) is 11.6 Å². The van der Waals surface area contributed by atoms with E-state index >= 15 is 0 Å². The van der Waals surface area contributed by atoms with Crippen molar-refractivity contribution in [3.8, 4) is 23.7 Å². The third-order valence-corrected chi connectivity index (χ3v) is 6.06. The number of hydrogen-bond donors (Lipinski definition) is 4. The molecule has 10 nitrogen and oxygen atoms in total. The highest BCUT2D eigenvalue weighted by molar-refractivity contribution is 7.89. The molecule has 1 unspecified atom stereocenters. The Morgan fingerprint density at radius 1 is 1.45 bits per heavy atom. The maximum atomic E-state index is 13.5. The average Bonchev–Trinajstić information content (AvgIpc) is 3.00. The highest BCUT2D eigenvalue weighted by Crippen LogP contribution is 2.33. The van der Waals surface area contributed by atoms with Crippen molar-refractivity contribution in [1.82, 2.24) is 9.29 Å². The predicted octanol–water partition coefficient (Wildman–Crippen LogP) is 0.463. The topological polar surface area (TPSA) is 154 Å². The molecule has 4 N–H and O–H groups in total. The Morgan fingerprint density at radius 2 is 2.15 bits per heavy atom. The Hall–Kier alpha value is -3.42. The molecule has 1 amide bonds. The van der Waals surface area contributed by atoms with Gasteiger partial charge >= 0.3 is 0 Å². The van der Waals surface area contributed by atoms with Crippen LogP contribution in [0, 0.1) is 29.0 Å². The number of nitriles is 1. The average molecular weight is 476 g/mol. The molecule has 12 heteroatoms. The smallest absolute Gasteiger partial charge is 0.276 e. The summed E-state index contributed by atoms with van der Waals surface area (Å²) in [6.07, 6.45) is -0.320. The molecule has 174 valence electrons. The summed E-state index contributed by atoms with van der Waals surface area (Å²) in [6.45, 7) is 2.46. The number of amides is 1. The van der Waals surface area contributed by atoms with Gasteiger partial charge in [-0.25, -0.2) is 17.5 Å². The number of halogens is 1. The number of nitrogens with zero attached hydrogens (tertiary/aromatic N) is 2. The van der Waals surface area contributed by atoms with Crippen LogP contribution < -0.4 is 14.8 Å². The number of fused-ring (bicyclic) bond motifs is 1. The number of sulfonamides is 1. The zero-order valence-corrected chi connectivity index (χ0v) is 18.7. The standard InChI is InChI=1S/C21H21FN4O6S/c1-21(2,29)7-6-16(27)15-11-32-19-17(33(30,31)25-15)10-26(3)18(19)20(28)24-13-4-5-14(22)12(8-13)9-23/h4-5,8,10,15-16,25,27,29H,11H2,1-3H3,(H,24,28)/t15-,16?/m1/s1. The lowest BCUT2D eigenvalue weighted by molar-refractivity contribution is 0.101. The van der Waals surface area contributed by atoms with Crippen molar-refractivity contribution < 1.29 is 32.6 Å². The highest BCUT2D eigenvalue weighted by Gasteiger charge is 2.36. The monoisotopic (exact) mass is 476 g/mol. The summed E-state index contributed by atoms with van der Waals surface area (Å²) in [5.74, 6) is 3.04. The molecule has 1 aliphatic heterocycles. The summed E-state index contributed by atoms with van der Waals surface area (Å²) in [6, 6.07) is 3.90. The Morgan fingerprint density at radius 3 is 2.79 bits per heavy atom. The zero-order valence-electron chi connectivity index (χ0n) is 17.9. The van der Waals surface area contributed by atoms with Crippen LogP contribution in [0.3, 0.4) is 0 Å². The van der Waals surface area contributed by atoms with Crippen LogP contribution in [0.4, 0.5) is 10.1 Å². The molecule has 1 aromatic carbocycles. The second-order valence-electron chi connectivity index (χ2n) is 7.85. The number of carbonyl (C=O) groups is 1. The number of carbonyl (C=O) groups excluding carboxylic acids is 1. The minimum atomic E-state index is -4.21. The van der Waals surface area contributed by atoms with Crippen LogP contribution in [0.15, 0.2) is 29.3 Å². The van der Waals surface area contributed by atoms with E-state index in [1.807, 2.05) is 0 Å². The number of aromatic nitrogens is 1. The third-order valence-electron chi connectivity index (χ3n) is 4.57. The molecule has 0 spiro atoms.